The van der Waals surface area contributed by atoms with Crippen LogP contribution in [0.15, 0.2) is 23.6 Å². The maximum absolute atomic E-state index is 12.6. The van der Waals surface area contributed by atoms with Crippen LogP contribution < -0.4 is 0 Å². The van der Waals surface area contributed by atoms with Crippen molar-refractivity contribution in [3.8, 4) is 0 Å². The van der Waals surface area contributed by atoms with Gasteiger partial charge in [-0.2, -0.15) is 5.10 Å². The highest BCUT2D eigenvalue weighted by molar-refractivity contribution is 7.12. The van der Waals surface area contributed by atoms with E-state index in [2.05, 4.69) is 10.2 Å². The van der Waals surface area contributed by atoms with Gasteiger partial charge in [-0.15, -0.1) is 11.3 Å². The number of nitrogens with one attached hydrogen (secondary N) is 1. The number of aromatic amines is 1. The molecule has 1 aliphatic heterocycles. The fourth-order valence-corrected chi connectivity index (χ4v) is 3.95. The van der Waals surface area contributed by atoms with E-state index in [1.54, 1.807) is 4.90 Å². The van der Waals surface area contributed by atoms with Gasteiger partial charge in [0.15, 0.2) is 5.78 Å². The van der Waals surface area contributed by atoms with E-state index < -0.39 is 0 Å². The van der Waals surface area contributed by atoms with Gasteiger partial charge in [0.1, 0.15) is 5.69 Å². The second-order valence-corrected chi connectivity index (χ2v) is 7.36. The highest BCUT2D eigenvalue weighted by Crippen LogP contribution is 2.39. The molecule has 5 nitrogen and oxygen atoms in total. The Morgan fingerprint density at radius 3 is 2.91 bits per heavy atom. The molecule has 4 rings (SSSR count). The number of rotatable bonds is 4. The standard InChI is InChI=1S/C17H19N3O2S/c21-16(15-4-2-8-23-15)12-3-1-7-20(10-12)17(22)14-9-13(18-19-14)11-5-6-11/h2,4,8-9,11-12H,1,3,5-7,10H2,(H,18,19)/t12-/m0/s1. The molecular formula is C17H19N3O2S. The summed E-state index contributed by atoms with van der Waals surface area (Å²) in [5.41, 5.74) is 1.55. The Bertz CT molecular complexity index is 718. The van der Waals surface area contributed by atoms with Crippen molar-refractivity contribution in [2.45, 2.75) is 31.6 Å². The number of H-pyrrole nitrogens is 1. The molecule has 2 aromatic rings. The van der Waals surface area contributed by atoms with E-state index in [1.807, 2.05) is 23.6 Å². The molecular weight excluding hydrogens is 310 g/mol. The summed E-state index contributed by atoms with van der Waals surface area (Å²) in [6.45, 7) is 1.21. The zero-order valence-corrected chi connectivity index (χ0v) is 13.6. The topological polar surface area (TPSA) is 66.1 Å². The third kappa shape index (κ3) is 2.95. The summed E-state index contributed by atoms with van der Waals surface area (Å²) < 4.78 is 0. The molecule has 0 aromatic carbocycles. The van der Waals surface area contributed by atoms with Crippen molar-refractivity contribution >= 4 is 23.0 Å². The molecule has 120 valence electrons. The van der Waals surface area contributed by atoms with Crippen LogP contribution in [0.2, 0.25) is 0 Å². The summed E-state index contributed by atoms with van der Waals surface area (Å²) in [7, 11) is 0. The van der Waals surface area contributed by atoms with E-state index in [4.69, 9.17) is 0 Å². The Morgan fingerprint density at radius 1 is 1.30 bits per heavy atom. The van der Waals surface area contributed by atoms with Gasteiger partial charge >= 0.3 is 0 Å². The minimum absolute atomic E-state index is 0.0585. The molecule has 2 aliphatic rings. The van der Waals surface area contributed by atoms with Crippen molar-refractivity contribution in [3.05, 3.63) is 39.8 Å². The molecule has 23 heavy (non-hydrogen) atoms. The smallest absolute Gasteiger partial charge is 0.274 e. The zero-order chi connectivity index (χ0) is 15.8. The van der Waals surface area contributed by atoms with Crippen LogP contribution in [0.25, 0.3) is 0 Å². The minimum Gasteiger partial charge on any atom is -0.337 e. The average molecular weight is 329 g/mol. The Morgan fingerprint density at radius 2 is 2.17 bits per heavy atom. The Labute approximate surface area is 138 Å². The molecule has 1 saturated heterocycles. The molecule has 2 aromatic heterocycles. The zero-order valence-electron chi connectivity index (χ0n) is 12.8. The molecule has 2 fully saturated rings. The van der Waals surface area contributed by atoms with E-state index in [-0.39, 0.29) is 17.6 Å². The number of piperidine rings is 1. The first kappa shape index (κ1) is 14.6. The van der Waals surface area contributed by atoms with E-state index in [1.165, 1.54) is 24.2 Å². The first-order chi connectivity index (χ1) is 11.2. The predicted molar refractivity (Wildman–Crippen MR) is 87.8 cm³/mol. The Kier molecular flexibility index (Phi) is 3.77. The van der Waals surface area contributed by atoms with Gasteiger partial charge in [0.05, 0.1) is 4.88 Å². The van der Waals surface area contributed by atoms with Crippen molar-refractivity contribution < 1.29 is 9.59 Å². The molecule has 6 heteroatoms. The van der Waals surface area contributed by atoms with E-state index in [0.717, 1.165) is 23.4 Å². The highest BCUT2D eigenvalue weighted by Gasteiger charge is 2.32. The monoisotopic (exact) mass is 329 g/mol. The molecule has 0 bridgehead atoms. The number of carbonyl (C=O) groups excluding carboxylic acids is 2. The van der Waals surface area contributed by atoms with Gasteiger partial charge in [0.2, 0.25) is 0 Å². The fourth-order valence-electron chi connectivity index (χ4n) is 3.21. The maximum Gasteiger partial charge on any atom is 0.274 e. The first-order valence-electron chi connectivity index (χ1n) is 8.14. The van der Waals surface area contributed by atoms with E-state index >= 15 is 0 Å². The van der Waals surface area contributed by atoms with Crippen LogP contribution in [0.5, 0.6) is 0 Å². The number of hydrogen-bond donors (Lipinski definition) is 1. The second kappa shape index (κ2) is 5.92. The van der Waals surface area contributed by atoms with Crippen molar-refractivity contribution in [2.24, 2.45) is 5.92 Å². The summed E-state index contributed by atoms with van der Waals surface area (Å²) in [5, 5.41) is 9.07. The quantitative estimate of drug-likeness (QED) is 0.877. The van der Waals surface area contributed by atoms with Gasteiger partial charge < -0.3 is 4.90 Å². The molecule has 1 aliphatic carbocycles. The second-order valence-electron chi connectivity index (χ2n) is 6.41. The number of Topliss-reactive ketones (excluding diaryl/α,β-unsaturated/α-hetero) is 1. The van der Waals surface area contributed by atoms with Gasteiger partial charge in [-0.3, -0.25) is 14.7 Å². The van der Waals surface area contributed by atoms with Gasteiger partial charge in [-0.1, -0.05) is 6.07 Å². The largest absolute Gasteiger partial charge is 0.337 e. The lowest BCUT2D eigenvalue weighted by atomic mass is 9.93. The normalized spacial score (nSPS) is 21.4. The van der Waals surface area contributed by atoms with E-state index in [0.29, 0.717) is 24.7 Å². The molecule has 1 amide bonds. The van der Waals surface area contributed by atoms with Gasteiger partial charge in [0, 0.05) is 30.6 Å². The van der Waals surface area contributed by atoms with Gasteiger partial charge in [0.25, 0.3) is 5.91 Å². The lowest BCUT2D eigenvalue weighted by Gasteiger charge is -2.31. The summed E-state index contributed by atoms with van der Waals surface area (Å²) in [6.07, 6.45) is 4.08. The Hall–Kier alpha value is -1.95. The summed E-state index contributed by atoms with van der Waals surface area (Å²) >= 11 is 1.47. The van der Waals surface area contributed by atoms with Crippen LogP contribution in [-0.4, -0.2) is 39.9 Å². The fraction of sp³-hybridized carbons (Fsp3) is 0.471. The number of carbonyl (C=O) groups is 2. The number of likely N-dealkylation sites (tertiary alicyclic amines) is 1. The number of amides is 1. The summed E-state index contributed by atoms with van der Waals surface area (Å²) in [6, 6.07) is 5.64. The van der Waals surface area contributed by atoms with Crippen molar-refractivity contribution in [1.29, 1.82) is 0 Å². The van der Waals surface area contributed by atoms with Gasteiger partial charge in [-0.05, 0) is 43.2 Å². The highest BCUT2D eigenvalue weighted by atomic mass is 32.1. The number of nitrogens with zero attached hydrogens (tertiary/aromatic N) is 2. The van der Waals surface area contributed by atoms with Crippen LogP contribution in [-0.2, 0) is 0 Å². The average Bonchev–Trinajstić information content (AvgIpc) is 3.10. The lowest BCUT2D eigenvalue weighted by Crippen LogP contribution is -2.42. The van der Waals surface area contributed by atoms with Crippen molar-refractivity contribution in [3.63, 3.8) is 0 Å². The van der Waals surface area contributed by atoms with Crippen LogP contribution in [0.3, 0.4) is 0 Å². The molecule has 3 heterocycles. The predicted octanol–water partition coefficient (Wildman–Crippen LogP) is 3.08. The molecule has 1 atom stereocenters. The summed E-state index contributed by atoms with van der Waals surface area (Å²) in [5.74, 6) is 0.571. The van der Waals surface area contributed by atoms with Crippen molar-refractivity contribution in [2.75, 3.05) is 13.1 Å². The van der Waals surface area contributed by atoms with Crippen molar-refractivity contribution in [1.82, 2.24) is 15.1 Å². The number of aromatic nitrogens is 2. The minimum atomic E-state index is -0.0896. The van der Waals surface area contributed by atoms with Crippen LogP contribution in [0, 0.1) is 5.92 Å². The van der Waals surface area contributed by atoms with Gasteiger partial charge in [-0.25, -0.2) is 0 Å². The third-order valence-corrected chi connectivity index (χ3v) is 5.56. The van der Waals surface area contributed by atoms with E-state index in [9.17, 15) is 9.59 Å². The lowest BCUT2D eigenvalue weighted by molar-refractivity contribution is 0.0633. The maximum atomic E-state index is 12.6. The van der Waals surface area contributed by atoms with Crippen LogP contribution in [0.1, 0.15) is 57.5 Å². The summed E-state index contributed by atoms with van der Waals surface area (Å²) in [4.78, 5) is 27.7. The molecule has 1 N–H and O–H groups in total. The number of thiophene rings is 1. The Balaban J connectivity index is 1.45. The van der Waals surface area contributed by atoms with Crippen LogP contribution in [0.4, 0.5) is 0 Å². The number of hydrogen-bond acceptors (Lipinski definition) is 4. The van der Waals surface area contributed by atoms with Crippen LogP contribution >= 0.6 is 11.3 Å². The molecule has 0 unspecified atom stereocenters. The molecule has 0 radical (unpaired) electrons. The molecule has 0 spiro atoms. The number of ketones is 1. The third-order valence-electron chi connectivity index (χ3n) is 4.68. The first-order valence-corrected chi connectivity index (χ1v) is 9.02. The SMILES string of the molecule is O=C(c1cccs1)[C@H]1CCCN(C(=O)c2cc(C3CC3)[nH]n2)C1. The molecule has 1 saturated carbocycles.